The van der Waals surface area contributed by atoms with Crippen LogP contribution >= 0.6 is 23.2 Å². The number of aliphatic carboxylic acids is 1. The number of carboxylic acids is 1. The van der Waals surface area contributed by atoms with Gasteiger partial charge in [-0.05, 0) is 80.7 Å². The van der Waals surface area contributed by atoms with Crippen molar-refractivity contribution < 1.29 is 43.4 Å². The van der Waals surface area contributed by atoms with Crippen LogP contribution in [-0.4, -0.2) is 89.3 Å². The van der Waals surface area contributed by atoms with Crippen LogP contribution in [0.4, 0.5) is 0 Å². The van der Waals surface area contributed by atoms with Crippen molar-refractivity contribution in [2.24, 2.45) is 23.5 Å². The quantitative estimate of drug-likeness (QED) is 0.0812. The average Bonchev–Trinajstić information content (AvgIpc) is 3.14. The summed E-state index contributed by atoms with van der Waals surface area (Å²) in [6.45, 7) is 13.1. The van der Waals surface area contributed by atoms with Crippen molar-refractivity contribution >= 4 is 64.6 Å². The highest BCUT2D eigenvalue weighted by Crippen LogP contribution is 2.26. The van der Waals surface area contributed by atoms with Crippen LogP contribution in [0.1, 0.15) is 79.4 Å². The maximum Gasteiger partial charge on any atom is 0.322 e. The SMILES string of the molecule is CC(C)C[C@H](NC(=O)[C@@H](NC(=O)[C@H](C)NC(=O)[C@H](C)NC(=O)[C@H](CC(C)C)NC(=O)[C@@H](N)Cc1ccc(OCc2c(Cl)cccc2Cl)cc1)C(C)C)C(=O)NCC(=O)O. The Bertz CT molecular complexity index is 1760. The Hall–Kier alpha value is -4.93. The lowest BCUT2D eigenvalue weighted by Gasteiger charge is -2.27. The van der Waals surface area contributed by atoms with Gasteiger partial charge in [-0.15, -0.1) is 0 Å². The van der Waals surface area contributed by atoms with Crippen LogP contribution in [0, 0.1) is 17.8 Å². The standard InChI is InChI=1S/C41H59Cl2N7O9/c1-21(2)16-32(39(56)45-19-34(51)52)49-41(58)35(23(5)6)50-37(54)25(8)46-36(53)24(7)47-40(57)33(17-22(3)4)48-38(55)31(44)18-26-12-14-27(15-13-26)59-20-28-29(42)10-9-11-30(28)43/h9-15,21-25,31-33,35H,16-20,44H2,1-8H3,(H,45,56)(H,46,53)(H,47,57)(H,48,55)(H,49,58)(H,50,54)(H,51,52)/t24-,25-,31-,32-,33-,35-/m0/s1. The number of nitrogens with two attached hydrogens (primary N) is 1. The van der Waals surface area contributed by atoms with Gasteiger partial charge in [-0.25, -0.2) is 0 Å². The van der Waals surface area contributed by atoms with E-state index in [9.17, 15) is 33.6 Å². The molecule has 0 aliphatic carbocycles. The second-order valence-electron chi connectivity index (χ2n) is 15.6. The molecule has 18 heteroatoms. The minimum absolute atomic E-state index is 0.0193. The van der Waals surface area contributed by atoms with E-state index in [1.165, 1.54) is 13.8 Å². The number of benzene rings is 2. The number of nitrogens with one attached hydrogen (secondary N) is 6. The maximum atomic E-state index is 13.4. The minimum atomic E-state index is -1.24. The number of ether oxygens (including phenoxy) is 1. The van der Waals surface area contributed by atoms with Crippen LogP contribution in [0.3, 0.4) is 0 Å². The summed E-state index contributed by atoms with van der Waals surface area (Å²) >= 11 is 12.4. The monoisotopic (exact) mass is 863 g/mol. The summed E-state index contributed by atoms with van der Waals surface area (Å²) in [5.74, 6) is -5.11. The number of amides is 6. The molecule has 59 heavy (non-hydrogen) atoms. The highest BCUT2D eigenvalue weighted by atomic mass is 35.5. The van der Waals surface area contributed by atoms with Gasteiger partial charge in [0.2, 0.25) is 35.4 Å². The molecule has 16 nitrogen and oxygen atoms in total. The molecule has 326 valence electrons. The molecule has 2 aromatic rings. The molecule has 0 heterocycles. The summed E-state index contributed by atoms with van der Waals surface area (Å²) in [4.78, 5) is 89.7. The van der Waals surface area contributed by atoms with Gasteiger partial charge in [-0.1, -0.05) is 82.9 Å². The van der Waals surface area contributed by atoms with Gasteiger partial charge in [0.25, 0.3) is 0 Å². The molecule has 6 atom stereocenters. The molecule has 0 aliphatic rings. The van der Waals surface area contributed by atoms with Crippen molar-refractivity contribution in [3.63, 3.8) is 0 Å². The third kappa shape index (κ3) is 17.4. The molecule has 0 saturated carbocycles. The molecular weight excluding hydrogens is 805 g/mol. The molecule has 0 spiro atoms. The summed E-state index contributed by atoms with van der Waals surface area (Å²) in [6, 6.07) is 5.74. The highest BCUT2D eigenvalue weighted by Gasteiger charge is 2.32. The lowest BCUT2D eigenvalue weighted by atomic mass is 9.99. The molecule has 0 aliphatic heterocycles. The summed E-state index contributed by atoms with van der Waals surface area (Å²) in [5.41, 5.74) is 7.65. The molecule has 0 fully saturated rings. The third-order valence-electron chi connectivity index (χ3n) is 9.01. The van der Waals surface area contributed by atoms with E-state index < -0.39 is 90.1 Å². The Morgan fingerprint density at radius 1 is 0.644 bits per heavy atom. The van der Waals surface area contributed by atoms with Crippen molar-refractivity contribution in [1.82, 2.24) is 31.9 Å². The van der Waals surface area contributed by atoms with E-state index in [4.69, 9.17) is 38.8 Å². The fraction of sp³-hybridized carbons (Fsp3) is 0.537. The Labute approximate surface area is 355 Å². The second kappa shape index (κ2) is 24.2. The predicted octanol–water partition coefficient (Wildman–Crippen LogP) is 2.86. The first-order valence-corrected chi connectivity index (χ1v) is 20.3. The number of halogens is 2. The van der Waals surface area contributed by atoms with Crippen molar-refractivity contribution in [2.45, 2.75) is 118 Å². The van der Waals surface area contributed by atoms with Crippen molar-refractivity contribution in [2.75, 3.05) is 6.54 Å². The van der Waals surface area contributed by atoms with Gasteiger partial charge in [-0.2, -0.15) is 0 Å². The van der Waals surface area contributed by atoms with E-state index in [-0.39, 0.29) is 37.7 Å². The number of hydrogen-bond acceptors (Lipinski definition) is 9. The fourth-order valence-corrected chi connectivity index (χ4v) is 6.23. The summed E-state index contributed by atoms with van der Waals surface area (Å²) < 4.78 is 5.82. The van der Waals surface area contributed by atoms with Crippen molar-refractivity contribution in [3.05, 3.63) is 63.6 Å². The van der Waals surface area contributed by atoms with E-state index >= 15 is 0 Å². The number of carbonyl (C=O) groups excluding carboxylic acids is 6. The molecule has 9 N–H and O–H groups in total. The highest BCUT2D eigenvalue weighted by molar-refractivity contribution is 6.35. The van der Waals surface area contributed by atoms with E-state index in [0.29, 0.717) is 21.4 Å². The van der Waals surface area contributed by atoms with Gasteiger partial charge in [0, 0.05) is 15.6 Å². The third-order valence-corrected chi connectivity index (χ3v) is 9.71. The summed E-state index contributed by atoms with van der Waals surface area (Å²) in [7, 11) is 0. The zero-order valence-electron chi connectivity index (χ0n) is 34.8. The first kappa shape index (κ1) is 50.2. The van der Waals surface area contributed by atoms with E-state index in [0.717, 1.165) is 5.56 Å². The molecular formula is C41H59Cl2N7O9. The van der Waals surface area contributed by atoms with Gasteiger partial charge in [0.15, 0.2) is 0 Å². The first-order valence-electron chi connectivity index (χ1n) is 19.5. The number of hydrogen-bond donors (Lipinski definition) is 8. The Morgan fingerprint density at radius 2 is 1.14 bits per heavy atom. The van der Waals surface area contributed by atoms with Crippen LogP contribution < -0.4 is 42.4 Å². The maximum absolute atomic E-state index is 13.4. The lowest BCUT2D eigenvalue weighted by Crippen LogP contribution is -2.59. The van der Waals surface area contributed by atoms with Crippen LogP contribution in [0.15, 0.2) is 42.5 Å². The zero-order chi connectivity index (χ0) is 44.6. The van der Waals surface area contributed by atoms with Crippen LogP contribution in [0.2, 0.25) is 10.0 Å². The van der Waals surface area contributed by atoms with E-state index in [1.807, 2.05) is 27.7 Å². The zero-order valence-corrected chi connectivity index (χ0v) is 36.3. The smallest absolute Gasteiger partial charge is 0.322 e. The average molecular weight is 865 g/mol. The Morgan fingerprint density at radius 3 is 1.64 bits per heavy atom. The molecule has 0 saturated heterocycles. The van der Waals surface area contributed by atoms with Crippen molar-refractivity contribution in [1.29, 1.82) is 0 Å². The predicted molar refractivity (Wildman–Crippen MR) is 224 cm³/mol. The molecule has 6 amide bonds. The van der Waals surface area contributed by atoms with E-state index in [2.05, 4.69) is 31.9 Å². The van der Waals surface area contributed by atoms with Gasteiger partial charge in [0.05, 0.1) is 6.04 Å². The molecule has 2 rings (SSSR count). The number of carbonyl (C=O) groups is 7. The van der Waals surface area contributed by atoms with Crippen LogP contribution in [0.25, 0.3) is 0 Å². The Kier molecular flexibility index (Phi) is 20.6. The van der Waals surface area contributed by atoms with Gasteiger partial charge >= 0.3 is 5.97 Å². The van der Waals surface area contributed by atoms with E-state index in [1.54, 1.807) is 56.3 Å². The molecule has 2 aromatic carbocycles. The van der Waals surface area contributed by atoms with Crippen LogP contribution in [-0.2, 0) is 46.6 Å². The number of carboxylic acid groups (broad SMARTS) is 1. The van der Waals surface area contributed by atoms with Gasteiger partial charge in [0.1, 0.15) is 49.1 Å². The summed E-state index contributed by atoms with van der Waals surface area (Å²) in [5, 5.41) is 25.2. The van der Waals surface area contributed by atoms with Gasteiger partial charge in [-0.3, -0.25) is 33.6 Å². The molecule has 0 bridgehead atoms. The first-order chi connectivity index (χ1) is 27.6. The molecule has 0 radical (unpaired) electrons. The number of rotatable bonds is 23. The summed E-state index contributed by atoms with van der Waals surface area (Å²) in [6.07, 6.45) is 0.628. The largest absolute Gasteiger partial charge is 0.489 e. The minimum Gasteiger partial charge on any atom is -0.489 e. The normalized spacial score (nSPS) is 14.3. The second-order valence-corrected chi connectivity index (χ2v) is 16.4. The molecule has 0 aromatic heterocycles. The topological polar surface area (TPSA) is 247 Å². The Balaban J connectivity index is 1.98. The lowest BCUT2D eigenvalue weighted by molar-refractivity contribution is -0.138. The van der Waals surface area contributed by atoms with Crippen LogP contribution in [0.5, 0.6) is 5.75 Å². The fourth-order valence-electron chi connectivity index (χ4n) is 5.72. The molecule has 0 unspecified atom stereocenters. The van der Waals surface area contributed by atoms with Crippen molar-refractivity contribution in [3.8, 4) is 5.75 Å². The van der Waals surface area contributed by atoms with Gasteiger partial charge < -0.3 is 47.5 Å².